The van der Waals surface area contributed by atoms with Gasteiger partial charge >= 0.3 is 5.69 Å². The average molecular weight is 394 g/mol. The minimum Gasteiger partial charge on any atom is -0.273 e. The molecule has 1 N–H and O–H groups in total. The zero-order valence-electron chi connectivity index (χ0n) is 14.7. The van der Waals surface area contributed by atoms with Crippen molar-refractivity contribution >= 4 is 34.2 Å². The average Bonchev–Trinajstić information content (AvgIpc) is 2.53. The van der Waals surface area contributed by atoms with Crippen LogP contribution < -0.4 is 11.2 Å². The van der Waals surface area contributed by atoms with Crippen molar-refractivity contribution in [2.24, 2.45) is 0 Å². The topological polar surface area (TPSA) is 93.5 Å². The van der Waals surface area contributed by atoms with Gasteiger partial charge in [0.05, 0.1) is 22.1 Å². The largest absolute Gasteiger partial charge is 0.334 e. The Labute approximate surface area is 159 Å². The van der Waals surface area contributed by atoms with Crippen LogP contribution in [0.15, 0.2) is 22.0 Å². The molecule has 0 aliphatic heterocycles. The molecule has 3 aromatic rings. The van der Waals surface area contributed by atoms with E-state index in [0.29, 0.717) is 17.1 Å². The number of aromatic nitrogens is 5. The molecule has 3 rings (SSSR count). The summed E-state index contributed by atoms with van der Waals surface area (Å²) in [4.78, 5) is 40.3. The molecule has 0 amide bonds. The molecule has 0 saturated heterocycles. The number of fused-ring (bicyclic) bond motifs is 1. The van der Waals surface area contributed by atoms with Crippen molar-refractivity contribution in [1.29, 1.82) is 0 Å². The summed E-state index contributed by atoms with van der Waals surface area (Å²) in [5, 5.41) is 0.281. The van der Waals surface area contributed by atoms with Crippen molar-refractivity contribution in [2.75, 3.05) is 0 Å². The highest BCUT2D eigenvalue weighted by Gasteiger charge is 2.23. The Morgan fingerprint density at radius 1 is 1.04 bits per heavy atom. The highest BCUT2D eigenvalue weighted by molar-refractivity contribution is 6.37. The lowest BCUT2D eigenvalue weighted by atomic mass is 10.0. The summed E-state index contributed by atoms with van der Waals surface area (Å²) in [6, 6.07) is 1.36. The maximum atomic E-state index is 12.8. The van der Waals surface area contributed by atoms with Crippen LogP contribution in [-0.4, -0.2) is 24.5 Å². The zero-order chi connectivity index (χ0) is 19.2. The number of pyridine rings is 1. The zero-order valence-corrected chi connectivity index (χ0v) is 16.2. The van der Waals surface area contributed by atoms with Crippen LogP contribution in [0.3, 0.4) is 0 Å². The molecule has 0 spiro atoms. The maximum Gasteiger partial charge on any atom is 0.334 e. The minimum atomic E-state index is -0.646. The van der Waals surface area contributed by atoms with E-state index >= 15 is 0 Å². The van der Waals surface area contributed by atoms with Gasteiger partial charge in [0.15, 0.2) is 5.65 Å². The van der Waals surface area contributed by atoms with E-state index < -0.39 is 11.2 Å². The van der Waals surface area contributed by atoms with Crippen molar-refractivity contribution in [1.82, 2.24) is 24.5 Å². The molecule has 0 radical (unpaired) electrons. The van der Waals surface area contributed by atoms with Gasteiger partial charge in [-0.15, -0.1) is 0 Å². The molecule has 0 aliphatic rings. The second-order valence-corrected chi connectivity index (χ2v) is 7.32. The van der Waals surface area contributed by atoms with Crippen LogP contribution >= 0.6 is 23.2 Å². The van der Waals surface area contributed by atoms with E-state index in [1.54, 1.807) is 0 Å². The lowest BCUT2D eigenvalue weighted by molar-refractivity contribution is 0.734. The highest BCUT2D eigenvalue weighted by Crippen LogP contribution is 2.29. The van der Waals surface area contributed by atoms with Crippen molar-refractivity contribution in [3.8, 4) is 5.69 Å². The van der Waals surface area contributed by atoms with E-state index in [4.69, 9.17) is 23.2 Å². The second-order valence-electron chi connectivity index (χ2n) is 6.52. The SMILES string of the molecule is CC(C)c1ncnc(C(C)C)c1-n1c(=O)[nH]c(=O)c2c(Cl)cc(Cl)nc21. The molecule has 0 atom stereocenters. The summed E-state index contributed by atoms with van der Waals surface area (Å²) in [5.41, 5.74) is 0.634. The number of H-pyrrole nitrogens is 1. The predicted octanol–water partition coefficient (Wildman–Crippen LogP) is 3.42. The quantitative estimate of drug-likeness (QED) is 0.687. The van der Waals surface area contributed by atoms with Crippen LogP contribution in [0.4, 0.5) is 0 Å². The van der Waals surface area contributed by atoms with Gasteiger partial charge in [-0.3, -0.25) is 9.78 Å². The van der Waals surface area contributed by atoms with Crippen LogP contribution in [0.2, 0.25) is 10.2 Å². The first-order chi connectivity index (χ1) is 12.2. The van der Waals surface area contributed by atoms with E-state index in [-0.39, 0.29) is 33.0 Å². The Kier molecular flexibility index (Phi) is 4.86. The number of halogens is 2. The number of hydrogen-bond acceptors (Lipinski definition) is 5. The minimum absolute atomic E-state index is 0.00836. The summed E-state index contributed by atoms with van der Waals surface area (Å²) in [6.45, 7) is 7.84. The van der Waals surface area contributed by atoms with E-state index in [0.717, 1.165) is 0 Å². The Bertz CT molecular complexity index is 1090. The van der Waals surface area contributed by atoms with E-state index in [1.165, 1.54) is 17.0 Å². The molecular formula is C17H17Cl2N5O2. The standard InChI is InChI=1S/C17H17Cl2N5O2/c1-7(2)12-14(13(8(3)4)21-6-20-12)24-15-11(16(25)23-17(24)26)9(18)5-10(19)22-15/h5-8H,1-4H3,(H,23,25,26). The van der Waals surface area contributed by atoms with E-state index in [1.807, 2.05) is 27.7 Å². The van der Waals surface area contributed by atoms with Crippen molar-refractivity contribution in [2.45, 2.75) is 39.5 Å². The summed E-state index contributed by atoms with van der Waals surface area (Å²) in [7, 11) is 0. The molecule has 3 heterocycles. The smallest absolute Gasteiger partial charge is 0.273 e. The first-order valence-electron chi connectivity index (χ1n) is 8.08. The lowest BCUT2D eigenvalue weighted by Gasteiger charge is -2.19. The molecule has 7 nitrogen and oxygen atoms in total. The normalized spacial score (nSPS) is 11.7. The van der Waals surface area contributed by atoms with Crippen molar-refractivity contribution < 1.29 is 0 Å². The Balaban J connectivity index is 2.60. The number of nitrogens with zero attached hydrogens (tertiary/aromatic N) is 4. The molecule has 0 aliphatic carbocycles. The summed E-state index contributed by atoms with van der Waals surface area (Å²) < 4.78 is 1.29. The first-order valence-corrected chi connectivity index (χ1v) is 8.84. The molecule has 3 aromatic heterocycles. The molecule has 26 heavy (non-hydrogen) atoms. The van der Waals surface area contributed by atoms with Gasteiger partial charge in [0.2, 0.25) is 0 Å². The molecule has 0 bridgehead atoms. The summed E-state index contributed by atoms with van der Waals surface area (Å²) in [6.07, 6.45) is 1.47. The second kappa shape index (κ2) is 6.81. The molecular weight excluding hydrogens is 377 g/mol. The fourth-order valence-corrected chi connectivity index (χ4v) is 3.36. The van der Waals surface area contributed by atoms with Crippen LogP contribution in [0, 0.1) is 0 Å². The Morgan fingerprint density at radius 3 is 2.15 bits per heavy atom. The van der Waals surface area contributed by atoms with Crippen LogP contribution in [0.1, 0.15) is 50.9 Å². The van der Waals surface area contributed by atoms with Crippen LogP contribution in [-0.2, 0) is 0 Å². The number of hydrogen-bond donors (Lipinski definition) is 1. The third-order valence-electron chi connectivity index (χ3n) is 3.98. The van der Waals surface area contributed by atoms with Gasteiger partial charge in [0.1, 0.15) is 16.9 Å². The number of nitrogens with one attached hydrogen (secondary N) is 1. The van der Waals surface area contributed by atoms with Gasteiger partial charge in [0.25, 0.3) is 5.56 Å². The van der Waals surface area contributed by atoms with E-state index in [2.05, 4.69) is 19.9 Å². The Hall–Kier alpha value is -2.25. The van der Waals surface area contributed by atoms with Crippen molar-refractivity contribution in [3.05, 3.63) is 54.8 Å². The van der Waals surface area contributed by atoms with Crippen LogP contribution in [0.5, 0.6) is 0 Å². The van der Waals surface area contributed by atoms with Crippen molar-refractivity contribution in [3.63, 3.8) is 0 Å². The molecule has 0 fully saturated rings. The van der Waals surface area contributed by atoms with Gasteiger partial charge in [-0.2, -0.15) is 0 Å². The molecule has 0 unspecified atom stereocenters. The van der Waals surface area contributed by atoms with Gasteiger partial charge in [-0.1, -0.05) is 50.9 Å². The highest BCUT2D eigenvalue weighted by atomic mass is 35.5. The third-order valence-corrected chi connectivity index (χ3v) is 4.47. The molecule has 136 valence electrons. The van der Waals surface area contributed by atoms with Gasteiger partial charge < -0.3 is 0 Å². The molecule has 9 heteroatoms. The van der Waals surface area contributed by atoms with Crippen LogP contribution in [0.25, 0.3) is 16.7 Å². The molecule has 0 saturated carbocycles. The monoisotopic (exact) mass is 393 g/mol. The maximum absolute atomic E-state index is 12.8. The van der Waals surface area contributed by atoms with Gasteiger partial charge in [-0.25, -0.2) is 24.3 Å². The fourth-order valence-electron chi connectivity index (χ4n) is 2.84. The predicted molar refractivity (Wildman–Crippen MR) is 102 cm³/mol. The fraction of sp³-hybridized carbons (Fsp3) is 0.353. The number of aromatic amines is 1. The summed E-state index contributed by atoms with van der Waals surface area (Å²) in [5.74, 6) is 0.0167. The molecule has 0 aromatic carbocycles. The third kappa shape index (κ3) is 3.01. The lowest BCUT2D eigenvalue weighted by Crippen LogP contribution is -2.32. The van der Waals surface area contributed by atoms with Gasteiger partial charge in [-0.05, 0) is 17.9 Å². The number of rotatable bonds is 3. The first kappa shape index (κ1) is 18.5. The van der Waals surface area contributed by atoms with Gasteiger partial charge in [0, 0.05) is 0 Å². The Morgan fingerprint density at radius 2 is 1.62 bits per heavy atom. The van der Waals surface area contributed by atoms with E-state index in [9.17, 15) is 9.59 Å². The summed E-state index contributed by atoms with van der Waals surface area (Å²) >= 11 is 12.2.